The van der Waals surface area contributed by atoms with Crippen molar-refractivity contribution in [3.8, 4) is 5.75 Å². The molecule has 1 aromatic carbocycles. The highest BCUT2D eigenvalue weighted by molar-refractivity contribution is 5.77. The maximum absolute atomic E-state index is 12.2. The summed E-state index contributed by atoms with van der Waals surface area (Å²) < 4.78 is 28.6. The number of ether oxygens (including phenoxy) is 1. The van der Waals surface area contributed by atoms with Gasteiger partial charge in [-0.25, -0.2) is 0 Å². The molecule has 1 fully saturated rings. The molecule has 6 heteroatoms. The van der Waals surface area contributed by atoms with Gasteiger partial charge in [-0.2, -0.15) is 8.78 Å². The molecule has 1 aliphatic carbocycles. The lowest BCUT2D eigenvalue weighted by atomic mass is 9.86. The predicted molar refractivity (Wildman–Crippen MR) is 88.1 cm³/mol. The van der Waals surface area contributed by atoms with Crippen molar-refractivity contribution < 1.29 is 23.2 Å². The third-order valence-corrected chi connectivity index (χ3v) is 4.57. The minimum atomic E-state index is -2.81. The third kappa shape index (κ3) is 6.07. The molecular formula is C18H27F2N2O2+. The summed E-state index contributed by atoms with van der Waals surface area (Å²) >= 11 is 0. The highest BCUT2D eigenvalue weighted by Crippen LogP contribution is 2.23. The van der Waals surface area contributed by atoms with Gasteiger partial charge in [0.25, 0.3) is 5.91 Å². The molecule has 134 valence electrons. The largest absolute Gasteiger partial charge is 0.435 e. The molecule has 3 atom stereocenters. The predicted octanol–water partition coefficient (Wildman–Crippen LogP) is 2.00. The van der Waals surface area contributed by atoms with E-state index in [1.54, 1.807) is 12.1 Å². The Balaban J connectivity index is 1.77. The molecule has 24 heavy (non-hydrogen) atoms. The summed E-state index contributed by atoms with van der Waals surface area (Å²) in [6, 6.07) is 6.85. The van der Waals surface area contributed by atoms with Crippen LogP contribution in [0.5, 0.6) is 5.75 Å². The molecule has 1 aliphatic rings. The molecule has 1 unspecified atom stereocenters. The SMILES string of the molecule is C[C@H]1CCCC[C@@H]1NC(=O)C[NH+](C)Cc1ccc(OC(F)F)cc1. The number of rotatable bonds is 7. The molecule has 2 N–H and O–H groups in total. The molecular weight excluding hydrogens is 314 g/mol. The maximum Gasteiger partial charge on any atom is 0.387 e. The number of amides is 1. The zero-order valence-corrected chi connectivity index (χ0v) is 14.4. The molecule has 0 spiro atoms. The number of carbonyl (C=O) groups excluding carboxylic acids is 1. The van der Waals surface area contributed by atoms with Gasteiger partial charge in [0.05, 0.1) is 7.05 Å². The molecule has 0 bridgehead atoms. The fourth-order valence-corrected chi connectivity index (χ4v) is 3.26. The number of quaternary nitrogens is 1. The number of nitrogens with one attached hydrogen (secondary N) is 2. The highest BCUT2D eigenvalue weighted by Gasteiger charge is 2.23. The van der Waals surface area contributed by atoms with Crippen LogP contribution in [0.15, 0.2) is 24.3 Å². The molecule has 0 aliphatic heterocycles. The van der Waals surface area contributed by atoms with E-state index in [1.807, 2.05) is 7.05 Å². The number of hydrogen-bond acceptors (Lipinski definition) is 2. The Bertz CT molecular complexity index is 522. The van der Waals surface area contributed by atoms with Crippen molar-refractivity contribution in [3.63, 3.8) is 0 Å². The van der Waals surface area contributed by atoms with E-state index in [-0.39, 0.29) is 11.7 Å². The third-order valence-electron chi connectivity index (χ3n) is 4.57. The van der Waals surface area contributed by atoms with Crippen LogP contribution >= 0.6 is 0 Å². The fourth-order valence-electron chi connectivity index (χ4n) is 3.26. The van der Waals surface area contributed by atoms with E-state index in [1.165, 1.54) is 31.4 Å². The van der Waals surface area contributed by atoms with E-state index in [0.717, 1.165) is 16.9 Å². The second kappa shape index (κ2) is 8.97. The Labute approximate surface area is 142 Å². The van der Waals surface area contributed by atoms with Gasteiger partial charge in [-0.3, -0.25) is 4.79 Å². The van der Waals surface area contributed by atoms with E-state index in [2.05, 4.69) is 17.0 Å². The lowest BCUT2D eigenvalue weighted by molar-refractivity contribution is -0.885. The highest BCUT2D eigenvalue weighted by atomic mass is 19.3. The Kier molecular flexibility index (Phi) is 6.97. The normalized spacial score (nSPS) is 22.2. The average Bonchev–Trinajstić information content (AvgIpc) is 2.51. The molecule has 1 aromatic rings. The van der Waals surface area contributed by atoms with Crippen molar-refractivity contribution in [2.24, 2.45) is 5.92 Å². The lowest BCUT2D eigenvalue weighted by Gasteiger charge is -2.29. The second-order valence-corrected chi connectivity index (χ2v) is 6.77. The monoisotopic (exact) mass is 341 g/mol. The number of benzene rings is 1. The number of likely N-dealkylation sites (N-methyl/N-ethyl adjacent to an activating group) is 1. The van der Waals surface area contributed by atoms with Crippen molar-refractivity contribution in [1.82, 2.24) is 5.32 Å². The van der Waals surface area contributed by atoms with Gasteiger partial charge in [-0.15, -0.1) is 0 Å². The number of halogens is 2. The van der Waals surface area contributed by atoms with Crippen LogP contribution < -0.4 is 15.0 Å². The zero-order chi connectivity index (χ0) is 17.5. The molecule has 0 saturated heterocycles. The Morgan fingerprint density at radius 3 is 2.58 bits per heavy atom. The lowest BCUT2D eigenvalue weighted by Crippen LogP contribution is -3.09. The van der Waals surface area contributed by atoms with Crippen molar-refractivity contribution >= 4 is 5.91 Å². The second-order valence-electron chi connectivity index (χ2n) is 6.77. The van der Waals surface area contributed by atoms with Gasteiger partial charge in [0.1, 0.15) is 12.3 Å². The first-order valence-electron chi connectivity index (χ1n) is 8.58. The van der Waals surface area contributed by atoms with Crippen molar-refractivity contribution in [1.29, 1.82) is 0 Å². The van der Waals surface area contributed by atoms with Gasteiger partial charge < -0.3 is 15.0 Å². The van der Waals surface area contributed by atoms with Crippen LogP contribution in [0.25, 0.3) is 0 Å². The van der Waals surface area contributed by atoms with Crippen molar-refractivity contribution in [2.75, 3.05) is 13.6 Å². The molecule has 1 amide bonds. The van der Waals surface area contributed by atoms with Crippen LogP contribution in [-0.2, 0) is 11.3 Å². The number of carbonyl (C=O) groups is 1. The average molecular weight is 341 g/mol. The van der Waals surface area contributed by atoms with Gasteiger partial charge >= 0.3 is 6.61 Å². The van der Waals surface area contributed by atoms with Crippen LogP contribution in [0.1, 0.15) is 38.2 Å². The summed E-state index contributed by atoms with van der Waals surface area (Å²) in [6.07, 6.45) is 4.69. The molecule has 0 radical (unpaired) electrons. The van der Waals surface area contributed by atoms with Gasteiger partial charge in [0.15, 0.2) is 6.54 Å². The van der Waals surface area contributed by atoms with Crippen LogP contribution in [-0.4, -0.2) is 32.2 Å². The summed E-state index contributed by atoms with van der Waals surface area (Å²) in [4.78, 5) is 13.3. The topological polar surface area (TPSA) is 42.8 Å². The van der Waals surface area contributed by atoms with Crippen molar-refractivity contribution in [2.45, 2.75) is 51.8 Å². The van der Waals surface area contributed by atoms with Crippen molar-refractivity contribution in [3.05, 3.63) is 29.8 Å². The van der Waals surface area contributed by atoms with Gasteiger partial charge in [0.2, 0.25) is 0 Å². The first-order valence-corrected chi connectivity index (χ1v) is 8.58. The summed E-state index contributed by atoms with van der Waals surface area (Å²) in [5.41, 5.74) is 0.980. The van der Waals surface area contributed by atoms with Gasteiger partial charge in [-0.1, -0.05) is 19.8 Å². The standard InChI is InChI=1S/C18H26F2N2O2/c1-13-5-3-4-6-16(13)21-17(23)12-22(2)11-14-7-9-15(10-8-14)24-18(19)20/h7-10,13,16,18H,3-6,11-12H2,1-2H3,(H,21,23)/p+1/t13-,16-/m0/s1. The first kappa shape index (κ1) is 18.6. The molecule has 4 nitrogen and oxygen atoms in total. The summed E-state index contributed by atoms with van der Waals surface area (Å²) in [5, 5.41) is 3.15. The van der Waals surface area contributed by atoms with Gasteiger partial charge in [0, 0.05) is 11.6 Å². The van der Waals surface area contributed by atoms with E-state index in [0.29, 0.717) is 25.0 Å². The summed E-state index contributed by atoms with van der Waals surface area (Å²) in [6.45, 7) is 0.445. The van der Waals surface area contributed by atoms with Crippen LogP contribution in [0, 0.1) is 5.92 Å². The summed E-state index contributed by atoms with van der Waals surface area (Å²) in [7, 11) is 1.95. The molecule has 0 heterocycles. The molecule has 2 rings (SSSR count). The number of hydrogen-bond donors (Lipinski definition) is 2. The smallest absolute Gasteiger partial charge is 0.387 e. The summed E-state index contributed by atoms with van der Waals surface area (Å²) in [5.74, 6) is 0.768. The maximum atomic E-state index is 12.2. The van der Waals surface area contributed by atoms with Crippen LogP contribution in [0.4, 0.5) is 8.78 Å². The quantitative estimate of drug-likeness (QED) is 0.797. The first-order chi connectivity index (χ1) is 11.4. The minimum Gasteiger partial charge on any atom is -0.435 e. The fraction of sp³-hybridized carbons (Fsp3) is 0.611. The van der Waals surface area contributed by atoms with E-state index >= 15 is 0 Å². The zero-order valence-electron chi connectivity index (χ0n) is 14.4. The molecule has 1 saturated carbocycles. The van der Waals surface area contributed by atoms with Crippen LogP contribution in [0.3, 0.4) is 0 Å². The Morgan fingerprint density at radius 2 is 1.96 bits per heavy atom. The number of alkyl halides is 2. The minimum absolute atomic E-state index is 0.0731. The van der Waals surface area contributed by atoms with Crippen LogP contribution in [0.2, 0.25) is 0 Å². The Hall–Kier alpha value is -1.69. The van der Waals surface area contributed by atoms with E-state index < -0.39 is 6.61 Å². The Morgan fingerprint density at radius 1 is 1.29 bits per heavy atom. The van der Waals surface area contributed by atoms with E-state index in [9.17, 15) is 13.6 Å². The van der Waals surface area contributed by atoms with E-state index in [4.69, 9.17) is 0 Å². The molecule has 0 aromatic heterocycles. The van der Waals surface area contributed by atoms with Gasteiger partial charge in [-0.05, 0) is 43.0 Å².